The van der Waals surface area contributed by atoms with Crippen LogP contribution in [0.25, 0.3) is 10.9 Å². The van der Waals surface area contributed by atoms with Gasteiger partial charge in [-0.25, -0.2) is 0 Å². The molecule has 4 heteroatoms. The summed E-state index contributed by atoms with van der Waals surface area (Å²) in [5, 5.41) is 4.12. The number of hydrogen-bond acceptors (Lipinski definition) is 3. The number of pyridine rings is 1. The zero-order valence-corrected chi connectivity index (χ0v) is 13.1. The lowest BCUT2D eigenvalue weighted by atomic mass is 10.0. The van der Waals surface area contributed by atoms with Crippen LogP contribution in [-0.4, -0.2) is 24.0 Å². The molecular weight excluding hydrogens is 288 g/mol. The second-order valence-electron chi connectivity index (χ2n) is 6.49. The Balaban J connectivity index is 1.43. The highest BCUT2D eigenvalue weighted by molar-refractivity contribution is 6.06. The van der Waals surface area contributed by atoms with Crippen molar-refractivity contribution >= 4 is 16.8 Å². The van der Waals surface area contributed by atoms with Gasteiger partial charge in [0.15, 0.2) is 0 Å². The zero-order chi connectivity index (χ0) is 15.8. The molecular formula is C19H20N2O2. The predicted molar refractivity (Wildman–Crippen MR) is 88.9 cm³/mol. The molecule has 0 unspecified atom stereocenters. The van der Waals surface area contributed by atoms with E-state index in [4.69, 9.17) is 4.74 Å². The van der Waals surface area contributed by atoms with Crippen LogP contribution in [-0.2, 0) is 4.74 Å². The van der Waals surface area contributed by atoms with Gasteiger partial charge in [0.1, 0.15) is 0 Å². The van der Waals surface area contributed by atoms with E-state index in [0.29, 0.717) is 23.3 Å². The molecule has 2 fully saturated rings. The van der Waals surface area contributed by atoms with Crippen LogP contribution in [0.2, 0.25) is 0 Å². The standard InChI is InChI=1S/C19H20N2O2/c1-23-9-7-13-16-10-12(11-17(13)16)21-19(22)15-4-2-6-18-14(15)5-3-8-20-18/h2-9,12-13,16-17H,10-11H2,1H3,(H,21,22)/b9-7+/t12-,13+,16+,17-. The molecule has 2 aliphatic carbocycles. The third-order valence-electron chi connectivity index (χ3n) is 5.17. The average molecular weight is 308 g/mol. The topological polar surface area (TPSA) is 51.2 Å². The largest absolute Gasteiger partial charge is 0.505 e. The summed E-state index contributed by atoms with van der Waals surface area (Å²) < 4.78 is 4.99. The SMILES string of the molecule is CO/C=C/[C@@H]1[C@H]2C[C@H](NC(=O)c3cccc4ncccc34)C[C@@H]12. The summed E-state index contributed by atoms with van der Waals surface area (Å²) in [5.74, 6) is 2.07. The van der Waals surface area contributed by atoms with E-state index in [1.165, 1.54) is 0 Å². The Bertz CT molecular complexity index is 754. The molecule has 23 heavy (non-hydrogen) atoms. The van der Waals surface area contributed by atoms with Crippen LogP contribution in [0.15, 0.2) is 48.9 Å². The molecule has 1 N–H and O–H groups in total. The van der Waals surface area contributed by atoms with Gasteiger partial charge < -0.3 is 10.1 Å². The molecule has 1 aromatic carbocycles. The summed E-state index contributed by atoms with van der Waals surface area (Å²) in [7, 11) is 1.68. The number of allylic oxidation sites excluding steroid dienone is 1. The Morgan fingerprint density at radius 1 is 1.26 bits per heavy atom. The van der Waals surface area contributed by atoms with Gasteiger partial charge in [-0.3, -0.25) is 9.78 Å². The van der Waals surface area contributed by atoms with Gasteiger partial charge in [-0.05, 0) is 54.9 Å². The Kier molecular flexibility index (Phi) is 3.52. The Morgan fingerprint density at radius 3 is 2.87 bits per heavy atom. The lowest BCUT2D eigenvalue weighted by molar-refractivity contribution is 0.0936. The number of aromatic nitrogens is 1. The molecule has 0 aliphatic heterocycles. The van der Waals surface area contributed by atoms with Crippen molar-refractivity contribution in [1.29, 1.82) is 0 Å². The van der Waals surface area contributed by atoms with Crippen molar-refractivity contribution in [2.45, 2.75) is 18.9 Å². The second kappa shape index (κ2) is 5.69. The van der Waals surface area contributed by atoms with Gasteiger partial charge in [0.25, 0.3) is 5.91 Å². The first-order chi connectivity index (χ1) is 11.3. The van der Waals surface area contributed by atoms with E-state index in [0.717, 1.165) is 23.7 Å². The molecule has 2 saturated carbocycles. The van der Waals surface area contributed by atoms with Crippen LogP contribution >= 0.6 is 0 Å². The van der Waals surface area contributed by atoms with E-state index in [1.54, 1.807) is 19.6 Å². The summed E-state index contributed by atoms with van der Waals surface area (Å²) >= 11 is 0. The fraction of sp³-hybridized carbons (Fsp3) is 0.368. The van der Waals surface area contributed by atoms with Gasteiger partial charge >= 0.3 is 0 Å². The average Bonchev–Trinajstić information content (AvgIpc) is 3.03. The second-order valence-corrected chi connectivity index (χ2v) is 6.49. The summed E-state index contributed by atoms with van der Waals surface area (Å²) in [6.45, 7) is 0. The maximum Gasteiger partial charge on any atom is 0.252 e. The number of carbonyl (C=O) groups excluding carboxylic acids is 1. The third kappa shape index (κ3) is 2.58. The van der Waals surface area contributed by atoms with Crippen LogP contribution < -0.4 is 5.32 Å². The highest BCUT2D eigenvalue weighted by Crippen LogP contribution is 2.58. The molecule has 2 aromatic rings. The Morgan fingerprint density at radius 2 is 2.09 bits per heavy atom. The maximum absolute atomic E-state index is 12.6. The van der Waals surface area contributed by atoms with E-state index in [2.05, 4.69) is 16.4 Å². The van der Waals surface area contributed by atoms with Crippen LogP contribution in [0.3, 0.4) is 0 Å². The van der Waals surface area contributed by atoms with Crippen molar-refractivity contribution in [3.8, 4) is 0 Å². The fourth-order valence-corrected chi connectivity index (χ4v) is 4.03. The molecule has 2 aliphatic rings. The molecule has 1 aromatic heterocycles. The van der Waals surface area contributed by atoms with Gasteiger partial charge in [-0.15, -0.1) is 0 Å². The highest BCUT2D eigenvalue weighted by atomic mass is 16.5. The van der Waals surface area contributed by atoms with Crippen molar-refractivity contribution in [3.05, 3.63) is 54.4 Å². The number of hydrogen-bond donors (Lipinski definition) is 1. The number of benzene rings is 1. The first-order valence-corrected chi connectivity index (χ1v) is 8.12. The first-order valence-electron chi connectivity index (χ1n) is 8.12. The van der Waals surface area contributed by atoms with E-state index >= 15 is 0 Å². The number of fused-ring (bicyclic) bond motifs is 2. The van der Waals surface area contributed by atoms with Gasteiger partial charge in [-0.1, -0.05) is 12.1 Å². The van der Waals surface area contributed by atoms with Crippen LogP contribution in [0.4, 0.5) is 0 Å². The van der Waals surface area contributed by atoms with E-state index < -0.39 is 0 Å². The maximum atomic E-state index is 12.6. The molecule has 0 bridgehead atoms. The Hall–Kier alpha value is -2.36. The van der Waals surface area contributed by atoms with Crippen molar-refractivity contribution in [3.63, 3.8) is 0 Å². The molecule has 1 heterocycles. The summed E-state index contributed by atoms with van der Waals surface area (Å²) in [5.41, 5.74) is 1.58. The smallest absolute Gasteiger partial charge is 0.252 e. The van der Waals surface area contributed by atoms with Crippen LogP contribution in [0.1, 0.15) is 23.2 Å². The van der Waals surface area contributed by atoms with E-state index in [9.17, 15) is 4.79 Å². The molecule has 0 spiro atoms. The molecule has 4 rings (SSSR count). The number of amides is 1. The number of carbonyl (C=O) groups is 1. The molecule has 118 valence electrons. The quantitative estimate of drug-likeness (QED) is 0.883. The molecule has 4 nitrogen and oxygen atoms in total. The molecule has 1 amide bonds. The van der Waals surface area contributed by atoms with E-state index in [-0.39, 0.29) is 11.9 Å². The summed E-state index contributed by atoms with van der Waals surface area (Å²) in [6, 6.07) is 9.81. The van der Waals surface area contributed by atoms with Gasteiger partial charge in [-0.2, -0.15) is 0 Å². The van der Waals surface area contributed by atoms with Crippen molar-refractivity contribution < 1.29 is 9.53 Å². The number of ether oxygens (including phenoxy) is 1. The lowest BCUT2D eigenvalue weighted by Gasteiger charge is -2.16. The van der Waals surface area contributed by atoms with Gasteiger partial charge in [0, 0.05) is 23.2 Å². The van der Waals surface area contributed by atoms with Crippen molar-refractivity contribution in [2.24, 2.45) is 17.8 Å². The number of nitrogens with one attached hydrogen (secondary N) is 1. The highest BCUT2D eigenvalue weighted by Gasteiger charge is 2.54. The van der Waals surface area contributed by atoms with Crippen molar-refractivity contribution in [1.82, 2.24) is 10.3 Å². The Labute approximate surface area is 135 Å². The normalized spacial score (nSPS) is 28.7. The number of methoxy groups -OCH3 is 1. The minimum atomic E-state index is 0.0129. The summed E-state index contributed by atoms with van der Waals surface area (Å²) in [4.78, 5) is 16.9. The lowest BCUT2D eigenvalue weighted by Crippen LogP contribution is -2.34. The summed E-state index contributed by atoms with van der Waals surface area (Å²) in [6.07, 6.45) is 7.82. The fourth-order valence-electron chi connectivity index (χ4n) is 4.03. The van der Waals surface area contributed by atoms with Crippen molar-refractivity contribution in [2.75, 3.05) is 7.11 Å². The third-order valence-corrected chi connectivity index (χ3v) is 5.17. The minimum Gasteiger partial charge on any atom is -0.505 e. The van der Waals surface area contributed by atoms with E-state index in [1.807, 2.05) is 30.3 Å². The van der Waals surface area contributed by atoms with Gasteiger partial charge in [0.05, 0.1) is 18.9 Å². The monoisotopic (exact) mass is 308 g/mol. The van der Waals surface area contributed by atoms with Crippen LogP contribution in [0, 0.1) is 17.8 Å². The van der Waals surface area contributed by atoms with Gasteiger partial charge in [0.2, 0.25) is 0 Å². The molecule has 0 radical (unpaired) electrons. The number of nitrogens with zero attached hydrogens (tertiary/aromatic N) is 1. The molecule has 0 saturated heterocycles. The predicted octanol–water partition coefficient (Wildman–Crippen LogP) is 3.15. The first kappa shape index (κ1) is 14.2. The minimum absolute atomic E-state index is 0.0129. The van der Waals surface area contributed by atoms with Crippen LogP contribution in [0.5, 0.6) is 0 Å². The number of rotatable bonds is 4. The molecule has 4 atom stereocenters. The zero-order valence-electron chi connectivity index (χ0n) is 13.1.